The molecule has 0 saturated heterocycles. The van der Waals surface area contributed by atoms with Gasteiger partial charge in [-0.1, -0.05) is 73.3 Å². The van der Waals surface area contributed by atoms with E-state index in [2.05, 4.69) is 59.8 Å². The van der Waals surface area contributed by atoms with Crippen LogP contribution in [0.5, 0.6) is 11.5 Å². The van der Waals surface area contributed by atoms with Crippen molar-refractivity contribution in [3.05, 3.63) is 34.9 Å². The van der Waals surface area contributed by atoms with E-state index in [-0.39, 0.29) is 28.8 Å². The number of allylic oxidation sites excluding steroid dienone is 1. The minimum atomic E-state index is 0.0552. The molecule has 1 fully saturated rings. The van der Waals surface area contributed by atoms with E-state index in [1.54, 1.807) is 14.2 Å². The van der Waals surface area contributed by atoms with Gasteiger partial charge in [0.15, 0.2) is 0 Å². The van der Waals surface area contributed by atoms with Gasteiger partial charge in [0.2, 0.25) is 0 Å². The van der Waals surface area contributed by atoms with Crippen molar-refractivity contribution >= 4 is 0 Å². The maximum absolute atomic E-state index is 10.0. The van der Waals surface area contributed by atoms with E-state index in [1.165, 1.54) is 31.2 Å². The Morgan fingerprint density at radius 1 is 1.00 bits per heavy atom. The fourth-order valence-electron chi connectivity index (χ4n) is 6.20. The maximum Gasteiger partial charge on any atom is 0.126 e. The summed E-state index contributed by atoms with van der Waals surface area (Å²) in [5.41, 5.74) is 3.86. The number of hydrogen-bond acceptors (Lipinski definition) is 3. The predicted octanol–water partition coefficient (Wildman–Crippen LogP) is 6.63. The molecule has 0 amide bonds. The normalized spacial score (nSPS) is 26.9. The van der Waals surface area contributed by atoms with Gasteiger partial charge in [-0.15, -0.1) is 0 Å². The number of rotatable bonds is 10. The monoisotopic (exact) mass is 414 g/mol. The first kappa shape index (κ1) is 23.2. The predicted molar refractivity (Wildman–Crippen MR) is 125 cm³/mol. The number of hydrogen-bond donors (Lipinski definition) is 1. The number of ether oxygens (including phenoxy) is 2. The van der Waals surface area contributed by atoms with Gasteiger partial charge in [-0.05, 0) is 46.4 Å². The molecule has 0 aromatic heterocycles. The summed E-state index contributed by atoms with van der Waals surface area (Å²) < 4.78 is 11.9. The van der Waals surface area contributed by atoms with Gasteiger partial charge < -0.3 is 14.6 Å². The molecular weight excluding hydrogens is 372 g/mol. The molecule has 1 saturated carbocycles. The first-order valence-electron chi connectivity index (χ1n) is 11.7. The minimum Gasteiger partial charge on any atom is -0.496 e. The summed E-state index contributed by atoms with van der Waals surface area (Å²) in [6, 6.07) is 4.46. The van der Waals surface area contributed by atoms with E-state index in [0.717, 1.165) is 29.1 Å². The number of methoxy groups -OCH3 is 2. The largest absolute Gasteiger partial charge is 0.496 e. The van der Waals surface area contributed by atoms with E-state index < -0.39 is 0 Å². The smallest absolute Gasteiger partial charge is 0.126 e. The van der Waals surface area contributed by atoms with Crippen LogP contribution in [0.3, 0.4) is 0 Å². The van der Waals surface area contributed by atoms with Gasteiger partial charge in [0.1, 0.15) is 11.5 Å². The van der Waals surface area contributed by atoms with Crippen molar-refractivity contribution in [2.75, 3.05) is 20.8 Å². The van der Waals surface area contributed by atoms with Crippen LogP contribution in [-0.4, -0.2) is 25.9 Å². The van der Waals surface area contributed by atoms with Gasteiger partial charge in [-0.25, -0.2) is 0 Å². The van der Waals surface area contributed by atoms with Gasteiger partial charge in [-0.2, -0.15) is 0 Å². The zero-order chi connectivity index (χ0) is 22.3. The number of benzene rings is 1. The average molecular weight is 415 g/mol. The highest BCUT2D eigenvalue weighted by Crippen LogP contribution is 2.80. The van der Waals surface area contributed by atoms with Crippen LogP contribution in [-0.2, 0) is 5.41 Å². The molecule has 3 nitrogen and oxygen atoms in total. The van der Waals surface area contributed by atoms with Gasteiger partial charge in [-0.3, -0.25) is 0 Å². The Hall–Kier alpha value is -1.48. The second-order valence-electron chi connectivity index (χ2n) is 10.8. The zero-order valence-corrected chi connectivity index (χ0v) is 20.4. The van der Waals surface area contributed by atoms with Crippen LogP contribution in [0.4, 0.5) is 0 Å². The summed E-state index contributed by atoms with van der Waals surface area (Å²) in [5, 5.41) is 10.0. The fourth-order valence-corrected chi connectivity index (χ4v) is 6.20. The first-order chi connectivity index (χ1) is 14.1. The Morgan fingerprint density at radius 2 is 1.60 bits per heavy atom. The highest BCUT2D eigenvalue weighted by atomic mass is 16.5. The van der Waals surface area contributed by atoms with Crippen LogP contribution in [0.2, 0.25) is 0 Å². The molecule has 3 atom stereocenters. The van der Waals surface area contributed by atoms with Crippen LogP contribution in [0, 0.1) is 16.7 Å². The number of fused-ring (bicyclic) bond motifs is 1. The van der Waals surface area contributed by atoms with Crippen molar-refractivity contribution < 1.29 is 14.6 Å². The fraction of sp³-hybridized carbons (Fsp3) is 0.704. The van der Waals surface area contributed by atoms with E-state index in [0.29, 0.717) is 5.92 Å². The molecular formula is C27H42O3. The third-order valence-electron chi connectivity index (χ3n) is 8.55. The maximum atomic E-state index is 10.0. The quantitative estimate of drug-likeness (QED) is 0.345. The van der Waals surface area contributed by atoms with Crippen molar-refractivity contribution in [1.82, 2.24) is 0 Å². The molecule has 3 heteroatoms. The van der Waals surface area contributed by atoms with Crippen LogP contribution in [0.25, 0.3) is 0 Å². The molecule has 2 aliphatic rings. The molecule has 0 radical (unpaired) electrons. The molecule has 1 aromatic carbocycles. The molecule has 0 aliphatic heterocycles. The lowest BCUT2D eigenvalue weighted by atomic mass is 9.78. The summed E-state index contributed by atoms with van der Waals surface area (Å²) in [6.07, 6.45) is 8.53. The molecule has 1 unspecified atom stereocenters. The molecule has 1 aromatic rings. The molecule has 30 heavy (non-hydrogen) atoms. The molecule has 3 rings (SSSR count). The lowest BCUT2D eigenvalue weighted by Crippen LogP contribution is -2.18. The summed E-state index contributed by atoms with van der Waals surface area (Å²) in [5.74, 6) is 2.49. The van der Waals surface area contributed by atoms with Crippen LogP contribution < -0.4 is 9.47 Å². The molecule has 0 spiro atoms. The molecule has 1 N–H and O–H groups in total. The second kappa shape index (κ2) is 8.22. The summed E-state index contributed by atoms with van der Waals surface area (Å²) in [4.78, 5) is 0. The van der Waals surface area contributed by atoms with E-state index in [1.807, 2.05) is 0 Å². The van der Waals surface area contributed by atoms with Gasteiger partial charge in [0.25, 0.3) is 0 Å². The van der Waals surface area contributed by atoms with E-state index in [4.69, 9.17) is 9.47 Å². The Bertz CT molecular complexity index is 779. The summed E-state index contributed by atoms with van der Waals surface area (Å²) >= 11 is 0. The van der Waals surface area contributed by atoms with Gasteiger partial charge in [0, 0.05) is 16.9 Å². The highest BCUT2D eigenvalue weighted by molar-refractivity contribution is 5.58. The standard InChI is InChI=1S/C27H42O3/c1-9-10-11-12-13-25(2,3)18-15-21(29-7)23(22(16-18)30-8)20-14-19(17-28)27(6)24(20)26(27,4)5/h14-16,20,24,28H,9-13,17H2,1-8H3/t20-,24+,27?/m1/s1. The van der Waals surface area contributed by atoms with Crippen molar-refractivity contribution in [2.45, 2.75) is 85.0 Å². The summed E-state index contributed by atoms with van der Waals surface area (Å²) in [7, 11) is 3.53. The van der Waals surface area contributed by atoms with Crippen molar-refractivity contribution in [1.29, 1.82) is 0 Å². The molecule has 168 valence electrons. The number of aliphatic hydroxyl groups excluding tert-OH is 1. The Morgan fingerprint density at radius 3 is 2.07 bits per heavy atom. The Kier molecular flexibility index (Phi) is 6.35. The van der Waals surface area contributed by atoms with Gasteiger partial charge >= 0.3 is 0 Å². The second-order valence-corrected chi connectivity index (χ2v) is 10.8. The third-order valence-corrected chi connectivity index (χ3v) is 8.55. The highest BCUT2D eigenvalue weighted by Gasteiger charge is 2.74. The van der Waals surface area contributed by atoms with Crippen LogP contribution in [0.15, 0.2) is 23.8 Å². The lowest BCUT2D eigenvalue weighted by molar-refractivity contribution is 0.301. The molecule has 0 bridgehead atoms. The van der Waals surface area contributed by atoms with E-state index in [9.17, 15) is 5.11 Å². The van der Waals surface area contributed by atoms with Crippen molar-refractivity contribution in [3.8, 4) is 11.5 Å². The Labute approximate surface area is 183 Å². The van der Waals surface area contributed by atoms with Crippen molar-refractivity contribution in [3.63, 3.8) is 0 Å². The SMILES string of the molecule is CCCCCCC(C)(C)c1cc(OC)c([C@H]2C=C(CO)C3(C)[C@@H]2C3(C)C)c(OC)c1. The van der Waals surface area contributed by atoms with Crippen LogP contribution >= 0.6 is 0 Å². The van der Waals surface area contributed by atoms with Crippen molar-refractivity contribution in [2.24, 2.45) is 16.7 Å². The Balaban J connectivity index is 1.99. The van der Waals surface area contributed by atoms with Gasteiger partial charge in [0.05, 0.1) is 20.8 Å². The minimum absolute atomic E-state index is 0.0552. The number of unbranched alkanes of at least 4 members (excludes halogenated alkanes) is 3. The first-order valence-corrected chi connectivity index (χ1v) is 11.7. The molecule has 0 heterocycles. The number of aliphatic hydroxyl groups is 1. The zero-order valence-electron chi connectivity index (χ0n) is 20.4. The van der Waals surface area contributed by atoms with E-state index >= 15 is 0 Å². The summed E-state index contributed by atoms with van der Waals surface area (Å²) in [6.45, 7) is 14.0. The average Bonchev–Trinajstić information content (AvgIpc) is 3.00. The molecule has 2 aliphatic carbocycles. The third kappa shape index (κ3) is 3.47. The van der Waals surface area contributed by atoms with Crippen LogP contribution in [0.1, 0.15) is 90.7 Å². The lowest BCUT2D eigenvalue weighted by Gasteiger charge is -2.29. The topological polar surface area (TPSA) is 38.7 Å².